The highest BCUT2D eigenvalue weighted by molar-refractivity contribution is 9.10. The van der Waals surface area contributed by atoms with Crippen LogP contribution in [0.3, 0.4) is 0 Å². The Kier molecular flexibility index (Phi) is 3.88. The molecule has 1 aromatic rings. The zero-order chi connectivity index (χ0) is 15.1. The molecular weight excluding hydrogens is 341 g/mol. The second-order valence-electron chi connectivity index (χ2n) is 5.94. The number of hydrogen-bond acceptors (Lipinski definition) is 4. The lowest BCUT2D eigenvalue weighted by atomic mass is 9.78. The van der Waals surface area contributed by atoms with Gasteiger partial charge in [0, 0.05) is 31.3 Å². The maximum atomic E-state index is 13.8. The number of nitro groups is 1. The average Bonchev–Trinajstić information content (AvgIpc) is 2.86. The molecule has 1 saturated heterocycles. The first kappa shape index (κ1) is 14.7. The molecular formula is C14H17BrFN3O2. The molecule has 5 nitrogen and oxygen atoms in total. The van der Waals surface area contributed by atoms with Crippen LogP contribution in [0.1, 0.15) is 19.3 Å². The number of nitrogens with two attached hydrogens (primary N) is 1. The number of rotatable bonds is 2. The van der Waals surface area contributed by atoms with Gasteiger partial charge in [0.05, 0.1) is 9.40 Å². The molecule has 1 aliphatic heterocycles. The van der Waals surface area contributed by atoms with E-state index in [-0.39, 0.29) is 16.2 Å². The van der Waals surface area contributed by atoms with Crippen LogP contribution in [0.25, 0.3) is 0 Å². The minimum Gasteiger partial charge on any atom is -0.365 e. The molecule has 3 atom stereocenters. The highest BCUT2D eigenvalue weighted by atomic mass is 79.9. The van der Waals surface area contributed by atoms with Crippen molar-refractivity contribution in [3.63, 3.8) is 0 Å². The number of halogens is 2. The van der Waals surface area contributed by atoms with Crippen LogP contribution in [0.4, 0.5) is 15.8 Å². The van der Waals surface area contributed by atoms with E-state index in [1.165, 1.54) is 12.1 Å². The number of fused-ring (bicyclic) bond motifs is 1. The van der Waals surface area contributed by atoms with Gasteiger partial charge in [-0.3, -0.25) is 10.1 Å². The van der Waals surface area contributed by atoms with E-state index in [1.807, 2.05) is 4.90 Å². The van der Waals surface area contributed by atoms with Crippen molar-refractivity contribution >= 4 is 27.3 Å². The van der Waals surface area contributed by atoms with Crippen molar-refractivity contribution in [3.8, 4) is 0 Å². The van der Waals surface area contributed by atoms with E-state index < -0.39 is 10.7 Å². The summed E-state index contributed by atoms with van der Waals surface area (Å²) < 4.78 is 13.9. The van der Waals surface area contributed by atoms with Crippen molar-refractivity contribution in [1.82, 2.24) is 0 Å². The Labute approximate surface area is 130 Å². The largest absolute Gasteiger partial charge is 0.365 e. The van der Waals surface area contributed by atoms with Gasteiger partial charge in [-0.2, -0.15) is 0 Å². The first-order valence-corrected chi connectivity index (χ1v) is 7.90. The monoisotopic (exact) mass is 357 g/mol. The van der Waals surface area contributed by atoms with Crippen molar-refractivity contribution in [1.29, 1.82) is 0 Å². The molecule has 0 radical (unpaired) electrons. The molecule has 3 rings (SSSR count). The summed E-state index contributed by atoms with van der Waals surface area (Å²) in [6.07, 6.45) is 3.21. The van der Waals surface area contributed by atoms with Gasteiger partial charge in [-0.1, -0.05) is 6.42 Å². The number of anilines is 1. The fourth-order valence-corrected chi connectivity index (χ4v) is 3.97. The molecule has 1 heterocycles. The number of nitro benzene ring substituents is 1. The Morgan fingerprint density at radius 3 is 2.81 bits per heavy atom. The maximum Gasteiger partial charge on any atom is 0.293 e. The first-order chi connectivity index (χ1) is 9.97. The van der Waals surface area contributed by atoms with E-state index in [2.05, 4.69) is 15.9 Å². The quantitative estimate of drug-likeness (QED) is 0.652. The lowest BCUT2D eigenvalue weighted by molar-refractivity contribution is -0.384. The zero-order valence-electron chi connectivity index (χ0n) is 11.5. The first-order valence-electron chi connectivity index (χ1n) is 7.11. The molecule has 1 aliphatic carbocycles. The van der Waals surface area contributed by atoms with Gasteiger partial charge in [-0.25, -0.2) is 4.39 Å². The topological polar surface area (TPSA) is 72.4 Å². The van der Waals surface area contributed by atoms with E-state index in [0.29, 0.717) is 24.1 Å². The van der Waals surface area contributed by atoms with Crippen LogP contribution in [0.5, 0.6) is 0 Å². The Hall–Kier alpha value is -1.21. The van der Waals surface area contributed by atoms with Crippen LogP contribution in [-0.4, -0.2) is 24.1 Å². The predicted molar refractivity (Wildman–Crippen MR) is 81.8 cm³/mol. The normalized spacial score (nSPS) is 28.5. The summed E-state index contributed by atoms with van der Waals surface area (Å²) in [5.41, 5.74) is 6.47. The zero-order valence-corrected chi connectivity index (χ0v) is 13.1. The van der Waals surface area contributed by atoms with Gasteiger partial charge in [0.15, 0.2) is 0 Å². The van der Waals surface area contributed by atoms with Gasteiger partial charge in [0.25, 0.3) is 5.69 Å². The second kappa shape index (κ2) is 5.53. The number of benzene rings is 1. The van der Waals surface area contributed by atoms with Gasteiger partial charge in [-0.15, -0.1) is 0 Å². The molecule has 2 N–H and O–H groups in total. The molecule has 2 fully saturated rings. The molecule has 1 aromatic carbocycles. The summed E-state index contributed by atoms with van der Waals surface area (Å²) in [5.74, 6) is 0.333. The van der Waals surface area contributed by atoms with Crippen molar-refractivity contribution < 1.29 is 9.31 Å². The summed E-state index contributed by atoms with van der Waals surface area (Å²) in [6, 6.07) is 2.64. The van der Waals surface area contributed by atoms with Crippen LogP contribution in [0.15, 0.2) is 16.6 Å². The van der Waals surface area contributed by atoms with E-state index in [0.717, 1.165) is 25.8 Å². The smallest absolute Gasteiger partial charge is 0.293 e. The van der Waals surface area contributed by atoms with Crippen LogP contribution in [-0.2, 0) is 0 Å². The highest BCUT2D eigenvalue weighted by Crippen LogP contribution is 2.41. The summed E-state index contributed by atoms with van der Waals surface area (Å²) in [6.45, 7) is 1.40. The summed E-state index contributed by atoms with van der Waals surface area (Å²) in [7, 11) is 0. The minimum atomic E-state index is -0.477. The van der Waals surface area contributed by atoms with Crippen molar-refractivity contribution in [2.24, 2.45) is 17.6 Å². The van der Waals surface area contributed by atoms with Gasteiger partial charge in [0.2, 0.25) is 0 Å². The Bertz CT molecular complexity index is 584. The lowest BCUT2D eigenvalue weighted by Crippen LogP contribution is -2.38. The Morgan fingerprint density at radius 1 is 1.38 bits per heavy atom. The van der Waals surface area contributed by atoms with Crippen molar-refractivity contribution in [2.75, 3.05) is 18.0 Å². The lowest BCUT2D eigenvalue weighted by Gasteiger charge is -2.29. The second-order valence-corrected chi connectivity index (χ2v) is 6.79. The maximum absolute atomic E-state index is 13.8. The molecule has 21 heavy (non-hydrogen) atoms. The van der Waals surface area contributed by atoms with Gasteiger partial charge in [-0.05, 0) is 40.6 Å². The van der Waals surface area contributed by atoms with Gasteiger partial charge in [0.1, 0.15) is 11.5 Å². The summed E-state index contributed by atoms with van der Waals surface area (Å²) >= 11 is 3.01. The van der Waals surface area contributed by atoms with Crippen molar-refractivity contribution in [3.05, 3.63) is 32.5 Å². The van der Waals surface area contributed by atoms with Gasteiger partial charge >= 0.3 is 0 Å². The van der Waals surface area contributed by atoms with E-state index in [9.17, 15) is 14.5 Å². The third-order valence-electron chi connectivity index (χ3n) is 4.71. The third-order valence-corrected chi connectivity index (χ3v) is 5.32. The molecule has 0 bridgehead atoms. The van der Waals surface area contributed by atoms with Crippen molar-refractivity contribution in [2.45, 2.75) is 25.3 Å². The minimum absolute atomic E-state index is 0.0597. The average molecular weight is 358 g/mol. The highest BCUT2D eigenvalue weighted by Gasteiger charge is 2.40. The number of hydrogen-bond donors (Lipinski definition) is 1. The fraction of sp³-hybridized carbons (Fsp3) is 0.571. The molecule has 1 saturated carbocycles. The SMILES string of the molecule is NC1CCCC2CN(c3cc(F)c(Br)cc3[N+](=O)[O-])CC12. The number of nitrogens with zero attached hydrogens (tertiary/aromatic N) is 2. The molecule has 3 unspecified atom stereocenters. The standard InChI is InChI=1S/C14H17BrFN3O2/c15-10-4-14(19(20)21)13(5-11(10)16)18-6-8-2-1-3-12(17)9(8)7-18/h4-5,8-9,12H,1-3,6-7,17H2. The molecule has 0 spiro atoms. The molecule has 7 heteroatoms. The molecule has 0 aromatic heterocycles. The summed E-state index contributed by atoms with van der Waals surface area (Å²) in [4.78, 5) is 12.7. The van der Waals surface area contributed by atoms with E-state index in [4.69, 9.17) is 5.73 Å². The Balaban J connectivity index is 1.94. The fourth-order valence-electron chi connectivity index (χ4n) is 3.64. The molecule has 0 amide bonds. The van der Waals surface area contributed by atoms with E-state index in [1.54, 1.807) is 0 Å². The summed E-state index contributed by atoms with van der Waals surface area (Å²) in [5, 5.41) is 11.2. The molecule has 114 valence electrons. The third kappa shape index (κ3) is 2.64. The predicted octanol–water partition coefficient (Wildman–Crippen LogP) is 3.06. The van der Waals surface area contributed by atoms with Crippen LogP contribution in [0.2, 0.25) is 0 Å². The van der Waals surface area contributed by atoms with E-state index >= 15 is 0 Å². The molecule has 2 aliphatic rings. The Morgan fingerprint density at radius 2 is 2.14 bits per heavy atom. The van der Waals surface area contributed by atoms with Gasteiger partial charge < -0.3 is 10.6 Å². The van der Waals surface area contributed by atoms with Crippen LogP contribution in [0, 0.1) is 27.8 Å². The van der Waals surface area contributed by atoms with Crippen LogP contribution < -0.4 is 10.6 Å². The van der Waals surface area contributed by atoms with Crippen LogP contribution >= 0.6 is 15.9 Å².